The highest BCUT2D eigenvalue weighted by atomic mass is 16.2. The van der Waals surface area contributed by atoms with E-state index in [0.717, 1.165) is 37.0 Å². The van der Waals surface area contributed by atoms with Crippen LogP contribution in [0, 0.1) is 0 Å². The molecular weight excluding hydrogens is 418 g/mol. The number of fused-ring (bicyclic) bond motifs is 1. The fourth-order valence-corrected chi connectivity index (χ4v) is 5.06. The van der Waals surface area contributed by atoms with Gasteiger partial charge >= 0.3 is 0 Å². The number of rotatable bonds is 10. The zero-order valence-corrected chi connectivity index (χ0v) is 20.5. The van der Waals surface area contributed by atoms with E-state index in [-0.39, 0.29) is 11.6 Å². The molecule has 178 valence electrons. The molecular formula is C31H37NO2. The Morgan fingerprint density at radius 1 is 0.824 bits per heavy atom. The summed E-state index contributed by atoms with van der Waals surface area (Å²) in [5.41, 5.74) is 4.71. The maximum Gasteiger partial charge on any atom is 0.197 e. The highest BCUT2D eigenvalue weighted by molar-refractivity contribution is 6.40. The van der Waals surface area contributed by atoms with Gasteiger partial charge in [0, 0.05) is 30.1 Å². The molecule has 0 radical (unpaired) electrons. The van der Waals surface area contributed by atoms with Crippen LogP contribution < -0.4 is 0 Å². The van der Waals surface area contributed by atoms with Crippen LogP contribution in [0.25, 0.3) is 0 Å². The Hall–Kier alpha value is -2.94. The van der Waals surface area contributed by atoms with Crippen LogP contribution in [0.4, 0.5) is 0 Å². The summed E-state index contributed by atoms with van der Waals surface area (Å²) in [7, 11) is 0. The third-order valence-corrected chi connectivity index (χ3v) is 7.00. The number of carbonyl (C=O) groups is 2. The van der Waals surface area contributed by atoms with Gasteiger partial charge in [0.1, 0.15) is 0 Å². The van der Waals surface area contributed by atoms with Crippen molar-refractivity contribution in [1.29, 1.82) is 0 Å². The normalized spacial score (nSPS) is 17.5. The lowest BCUT2D eigenvalue weighted by Gasteiger charge is -2.19. The van der Waals surface area contributed by atoms with E-state index in [2.05, 4.69) is 48.5 Å². The van der Waals surface area contributed by atoms with Crippen LogP contribution in [0.15, 0.2) is 83.3 Å². The van der Waals surface area contributed by atoms with Gasteiger partial charge in [-0.05, 0) is 54.6 Å². The molecule has 34 heavy (non-hydrogen) atoms. The minimum absolute atomic E-state index is 0.116. The van der Waals surface area contributed by atoms with E-state index in [1.54, 1.807) is 12.1 Å². The topological polar surface area (TPSA) is 37.4 Å². The van der Waals surface area contributed by atoms with Gasteiger partial charge in [0.25, 0.3) is 0 Å². The molecule has 1 aromatic rings. The lowest BCUT2D eigenvalue weighted by atomic mass is 9.89. The Bertz CT molecular complexity index is 1010. The first kappa shape index (κ1) is 24.2. The SMILES string of the molecule is CCCCCCCCCCN1C=CC(=CC2=CC(=C3C(=O)c4ccccc4C3=O)CCC2)C=C1. The molecule has 0 atom stereocenters. The molecule has 3 aliphatic rings. The van der Waals surface area contributed by atoms with Gasteiger partial charge in [-0.2, -0.15) is 0 Å². The zero-order chi connectivity index (χ0) is 23.8. The number of carbonyl (C=O) groups excluding carboxylic acids is 2. The van der Waals surface area contributed by atoms with Crippen LogP contribution in [0.5, 0.6) is 0 Å². The van der Waals surface area contributed by atoms with Gasteiger partial charge in [-0.1, -0.05) is 88.3 Å². The Balaban J connectivity index is 1.32. The summed E-state index contributed by atoms with van der Waals surface area (Å²) in [6.45, 7) is 3.33. The number of allylic oxidation sites excluding steroid dienone is 8. The molecule has 1 aliphatic heterocycles. The Labute approximate surface area is 204 Å². The van der Waals surface area contributed by atoms with E-state index >= 15 is 0 Å². The number of benzene rings is 1. The molecule has 0 spiro atoms. The van der Waals surface area contributed by atoms with E-state index in [1.807, 2.05) is 12.1 Å². The fourth-order valence-electron chi connectivity index (χ4n) is 5.06. The van der Waals surface area contributed by atoms with Gasteiger partial charge in [0.05, 0.1) is 5.57 Å². The molecule has 1 heterocycles. The number of unbranched alkanes of at least 4 members (excludes halogenated alkanes) is 7. The molecule has 3 nitrogen and oxygen atoms in total. The first-order valence-corrected chi connectivity index (χ1v) is 13.1. The van der Waals surface area contributed by atoms with E-state index in [9.17, 15) is 9.59 Å². The van der Waals surface area contributed by atoms with Gasteiger partial charge in [0.15, 0.2) is 11.6 Å². The van der Waals surface area contributed by atoms with Crippen molar-refractivity contribution in [3.63, 3.8) is 0 Å². The monoisotopic (exact) mass is 455 g/mol. The van der Waals surface area contributed by atoms with Crippen LogP contribution in [0.3, 0.4) is 0 Å². The Kier molecular flexibility index (Phi) is 8.51. The molecule has 0 amide bonds. The van der Waals surface area contributed by atoms with Crippen LogP contribution in [0.1, 0.15) is 98.3 Å². The average molecular weight is 456 g/mol. The quantitative estimate of drug-likeness (QED) is 0.204. The largest absolute Gasteiger partial charge is 0.354 e. The molecule has 0 unspecified atom stereocenters. The smallest absolute Gasteiger partial charge is 0.197 e. The second-order valence-corrected chi connectivity index (χ2v) is 9.67. The standard InChI is InChI=1S/C31H37NO2/c1-2-3-4-5-6-7-8-11-19-32-20-17-24(18-21-32)22-25-13-12-14-26(23-25)29-30(33)27-15-9-10-16-28(27)31(29)34/h9-10,15-18,20-23H,2-8,11-14,19H2,1H3. The molecule has 4 rings (SSSR count). The van der Waals surface area contributed by atoms with Gasteiger partial charge in [0.2, 0.25) is 0 Å². The molecule has 0 saturated heterocycles. The van der Waals surface area contributed by atoms with E-state index in [4.69, 9.17) is 0 Å². The van der Waals surface area contributed by atoms with Crippen molar-refractivity contribution in [2.45, 2.75) is 77.6 Å². The van der Waals surface area contributed by atoms with Crippen molar-refractivity contribution >= 4 is 11.6 Å². The van der Waals surface area contributed by atoms with Crippen molar-refractivity contribution in [2.24, 2.45) is 0 Å². The predicted octanol–water partition coefficient (Wildman–Crippen LogP) is 7.88. The van der Waals surface area contributed by atoms with Gasteiger partial charge in [-0.3, -0.25) is 9.59 Å². The van der Waals surface area contributed by atoms with Crippen molar-refractivity contribution in [3.8, 4) is 0 Å². The third-order valence-electron chi connectivity index (χ3n) is 7.00. The van der Waals surface area contributed by atoms with Crippen LogP contribution in [-0.2, 0) is 0 Å². The van der Waals surface area contributed by atoms with E-state index in [1.165, 1.54) is 56.9 Å². The Morgan fingerprint density at radius 3 is 2.09 bits per heavy atom. The summed E-state index contributed by atoms with van der Waals surface area (Å²) in [6, 6.07) is 7.17. The maximum atomic E-state index is 12.9. The van der Waals surface area contributed by atoms with E-state index < -0.39 is 0 Å². The highest BCUT2D eigenvalue weighted by Crippen LogP contribution is 2.34. The number of nitrogens with zero attached hydrogens (tertiary/aromatic N) is 1. The van der Waals surface area contributed by atoms with Crippen molar-refractivity contribution in [3.05, 3.63) is 94.4 Å². The first-order valence-electron chi connectivity index (χ1n) is 13.1. The summed E-state index contributed by atoms with van der Waals surface area (Å²) in [4.78, 5) is 28.0. The lowest BCUT2D eigenvalue weighted by molar-refractivity contribution is 0.0987. The maximum absolute atomic E-state index is 12.9. The van der Waals surface area contributed by atoms with Crippen LogP contribution in [-0.4, -0.2) is 23.0 Å². The number of hydrogen-bond donors (Lipinski definition) is 0. The fraction of sp³-hybridized carbons (Fsp3) is 0.419. The second kappa shape index (κ2) is 12.0. The number of ketones is 2. The predicted molar refractivity (Wildman–Crippen MR) is 140 cm³/mol. The van der Waals surface area contributed by atoms with Crippen LogP contribution >= 0.6 is 0 Å². The molecule has 0 fully saturated rings. The van der Waals surface area contributed by atoms with Gasteiger partial charge in [-0.25, -0.2) is 0 Å². The first-order chi connectivity index (χ1) is 16.7. The lowest BCUT2D eigenvalue weighted by Crippen LogP contribution is -2.13. The number of Topliss-reactive ketones (excluding diaryl/α,β-unsaturated/α-hetero) is 2. The average Bonchev–Trinajstić information content (AvgIpc) is 3.12. The second-order valence-electron chi connectivity index (χ2n) is 9.67. The van der Waals surface area contributed by atoms with Crippen molar-refractivity contribution in [2.75, 3.05) is 6.54 Å². The zero-order valence-electron chi connectivity index (χ0n) is 20.5. The molecule has 0 aromatic heterocycles. The summed E-state index contributed by atoms with van der Waals surface area (Å²) >= 11 is 0. The van der Waals surface area contributed by atoms with Gasteiger partial charge < -0.3 is 4.90 Å². The third kappa shape index (κ3) is 5.94. The van der Waals surface area contributed by atoms with Crippen molar-refractivity contribution < 1.29 is 9.59 Å². The minimum Gasteiger partial charge on any atom is -0.354 e. The van der Waals surface area contributed by atoms with Crippen molar-refractivity contribution in [1.82, 2.24) is 4.90 Å². The van der Waals surface area contributed by atoms with E-state index in [0.29, 0.717) is 16.7 Å². The highest BCUT2D eigenvalue weighted by Gasteiger charge is 2.34. The summed E-state index contributed by atoms with van der Waals surface area (Å²) in [6.07, 6.45) is 26.3. The molecule has 2 aliphatic carbocycles. The molecule has 0 saturated carbocycles. The molecule has 1 aromatic carbocycles. The summed E-state index contributed by atoms with van der Waals surface area (Å²) in [5, 5.41) is 0. The van der Waals surface area contributed by atoms with Gasteiger partial charge in [-0.15, -0.1) is 0 Å². The molecule has 0 bridgehead atoms. The minimum atomic E-state index is -0.116. The van der Waals surface area contributed by atoms with Crippen LogP contribution in [0.2, 0.25) is 0 Å². The molecule has 3 heteroatoms. The summed E-state index contributed by atoms with van der Waals surface area (Å²) < 4.78 is 0. The molecule has 0 N–H and O–H groups in total. The summed E-state index contributed by atoms with van der Waals surface area (Å²) in [5.74, 6) is -0.232. The number of hydrogen-bond acceptors (Lipinski definition) is 3. The Morgan fingerprint density at radius 2 is 1.44 bits per heavy atom.